The van der Waals surface area contributed by atoms with Gasteiger partial charge in [-0.15, -0.1) is 0 Å². The largest absolute Gasteiger partial charge is 0.433 e. The minimum Gasteiger partial charge on any atom is -0.394 e. The molecule has 2 rings (SSSR count). The van der Waals surface area contributed by atoms with E-state index in [2.05, 4.69) is 20.6 Å². The molecule has 1 aromatic heterocycles. The Bertz CT molecular complexity index is 806. The Morgan fingerprint density at radius 1 is 1.04 bits per heavy atom. The van der Waals surface area contributed by atoms with Crippen molar-refractivity contribution in [3.63, 3.8) is 0 Å². The third-order valence-corrected chi connectivity index (χ3v) is 3.48. The Hall–Kier alpha value is -2.56. The van der Waals surface area contributed by atoms with E-state index in [0.717, 1.165) is 6.07 Å². The molecule has 0 amide bonds. The standard InChI is InChI=1S/C16H16F6N4O/c1-8-3-4-10(5-11(8)15(17,18)19)24-13-6-12(16(20,21)22)25-14(26-13)23-9(2)7-27/h3-6,9,27H,7H2,1-2H3,(H2,23,24,25,26)/t9-/m0/s1. The zero-order valence-electron chi connectivity index (χ0n) is 14.2. The van der Waals surface area contributed by atoms with Gasteiger partial charge in [-0.05, 0) is 31.5 Å². The average Bonchev–Trinajstić information content (AvgIpc) is 2.54. The van der Waals surface area contributed by atoms with Gasteiger partial charge in [-0.3, -0.25) is 0 Å². The van der Waals surface area contributed by atoms with Crippen LogP contribution in [-0.2, 0) is 12.4 Å². The van der Waals surface area contributed by atoms with Gasteiger partial charge in [0, 0.05) is 17.8 Å². The minimum absolute atomic E-state index is 0.0224. The Balaban J connectivity index is 2.42. The molecule has 11 heteroatoms. The molecule has 0 aliphatic carbocycles. The second-order valence-electron chi connectivity index (χ2n) is 5.84. The summed E-state index contributed by atoms with van der Waals surface area (Å²) < 4.78 is 78.1. The summed E-state index contributed by atoms with van der Waals surface area (Å²) in [5.41, 5.74) is -2.30. The lowest BCUT2D eigenvalue weighted by atomic mass is 10.1. The van der Waals surface area contributed by atoms with Crippen LogP contribution in [0.25, 0.3) is 0 Å². The highest BCUT2D eigenvalue weighted by Gasteiger charge is 2.34. The summed E-state index contributed by atoms with van der Waals surface area (Å²) in [5, 5.41) is 13.9. The van der Waals surface area contributed by atoms with Crippen molar-refractivity contribution < 1.29 is 31.4 Å². The lowest BCUT2D eigenvalue weighted by molar-refractivity contribution is -0.141. The summed E-state index contributed by atoms with van der Waals surface area (Å²) in [7, 11) is 0. The van der Waals surface area contributed by atoms with Crippen LogP contribution in [0.5, 0.6) is 0 Å². The summed E-state index contributed by atoms with van der Waals surface area (Å²) in [6.45, 7) is 2.39. The van der Waals surface area contributed by atoms with Gasteiger partial charge in [-0.25, -0.2) is 4.98 Å². The number of aryl methyl sites for hydroxylation is 1. The van der Waals surface area contributed by atoms with Crippen molar-refractivity contribution in [1.82, 2.24) is 9.97 Å². The zero-order chi connectivity index (χ0) is 20.4. The molecule has 0 unspecified atom stereocenters. The molecule has 0 aliphatic rings. The topological polar surface area (TPSA) is 70.1 Å². The third kappa shape index (κ3) is 5.46. The normalized spacial score (nSPS) is 13.4. The Morgan fingerprint density at radius 3 is 2.26 bits per heavy atom. The van der Waals surface area contributed by atoms with E-state index in [1.165, 1.54) is 26.0 Å². The van der Waals surface area contributed by atoms with Crippen molar-refractivity contribution in [1.29, 1.82) is 0 Å². The summed E-state index contributed by atoms with van der Waals surface area (Å²) in [6, 6.07) is 3.24. The fraction of sp³-hybridized carbons (Fsp3) is 0.375. The first-order valence-electron chi connectivity index (χ1n) is 7.68. The number of hydrogen-bond donors (Lipinski definition) is 3. The molecule has 0 saturated heterocycles. The number of aliphatic hydroxyl groups excluding tert-OH is 1. The highest BCUT2D eigenvalue weighted by molar-refractivity contribution is 5.60. The molecule has 3 N–H and O–H groups in total. The van der Waals surface area contributed by atoms with Crippen molar-refractivity contribution in [2.75, 3.05) is 17.2 Å². The van der Waals surface area contributed by atoms with E-state index in [1.807, 2.05) is 0 Å². The molecule has 0 radical (unpaired) electrons. The number of nitrogens with zero attached hydrogens (tertiary/aromatic N) is 2. The van der Waals surface area contributed by atoms with Crippen molar-refractivity contribution in [2.24, 2.45) is 0 Å². The highest BCUT2D eigenvalue weighted by Crippen LogP contribution is 2.35. The van der Waals surface area contributed by atoms with Crippen LogP contribution in [0.15, 0.2) is 24.3 Å². The highest BCUT2D eigenvalue weighted by atomic mass is 19.4. The van der Waals surface area contributed by atoms with E-state index >= 15 is 0 Å². The predicted molar refractivity (Wildman–Crippen MR) is 86.7 cm³/mol. The number of aliphatic hydroxyl groups is 1. The van der Waals surface area contributed by atoms with Gasteiger partial charge in [0.15, 0.2) is 5.69 Å². The number of aromatic nitrogens is 2. The second kappa shape index (κ2) is 7.59. The van der Waals surface area contributed by atoms with E-state index < -0.39 is 35.6 Å². The van der Waals surface area contributed by atoms with Crippen LogP contribution in [0.4, 0.5) is 43.8 Å². The van der Waals surface area contributed by atoms with Crippen LogP contribution in [0.1, 0.15) is 23.7 Å². The third-order valence-electron chi connectivity index (χ3n) is 3.48. The van der Waals surface area contributed by atoms with Gasteiger partial charge < -0.3 is 15.7 Å². The number of rotatable bonds is 5. The van der Waals surface area contributed by atoms with Crippen molar-refractivity contribution in [3.05, 3.63) is 41.1 Å². The van der Waals surface area contributed by atoms with Crippen LogP contribution < -0.4 is 10.6 Å². The van der Waals surface area contributed by atoms with Crippen molar-refractivity contribution in [2.45, 2.75) is 32.2 Å². The van der Waals surface area contributed by atoms with Gasteiger partial charge in [-0.2, -0.15) is 31.3 Å². The first-order valence-corrected chi connectivity index (χ1v) is 7.68. The summed E-state index contributed by atoms with van der Waals surface area (Å²) in [6.07, 6.45) is -9.39. The molecule has 27 heavy (non-hydrogen) atoms. The molecule has 5 nitrogen and oxygen atoms in total. The second-order valence-corrected chi connectivity index (χ2v) is 5.84. The number of hydrogen-bond acceptors (Lipinski definition) is 5. The van der Waals surface area contributed by atoms with E-state index in [4.69, 9.17) is 5.11 Å². The van der Waals surface area contributed by atoms with Gasteiger partial charge >= 0.3 is 12.4 Å². The maximum Gasteiger partial charge on any atom is 0.433 e. The Morgan fingerprint density at radius 2 is 1.70 bits per heavy atom. The van der Waals surface area contributed by atoms with Gasteiger partial charge in [0.25, 0.3) is 0 Å². The van der Waals surface area contributed by atoms with Crippen molar-refractivity contribution >= 4 is 17.5 Å². The SMILES string of the molecule is Cc1ccc(Nc2cc(C(F)(F)F)nc(N[C@@H](C)CO)n2)cc1C(F)(F)F. The Kier molecular flexibility index (Phi) is 5.83. The number of halogens is 6. The minimum atomic E-state index is -4.79. The summed E-state index contributed by atoms with van der Waals surface area (Å²) >= 11 is 0. The fourth-order valence-electron chi connectivity index (χ4n) is 2.14. The van der Waals surface area contributed by atoms with Gasteiger partial charge in [0.1, 0.15) is 5.82 Å². The van der Waals surface area contributed by atoms with E-state index in [9.17, 15) is 26.3 Å². The number of alkyl halides is 6. The van der Waals surface area contributed by atoms with E-state index in [1.54, 1.807) is 0 Å². The molecule has 0 bridgehead atoms. The van der Waals surface area contributed by atoms with Gasteiger partial charge in [0.2, 0.25) is 5.95 Å². The monoisotopic (exact) mass is 394 g/mol. The van der Waals surface area contributed by atoms with Crippen LogP contribution >= 0.6 is 0 Å². The fourth-order valence-corrected chi connectivity index (χ4v) is 2.14. The predicted octanol–water partition coefficient (Wildman–Crippen LogP) is 4.36. The van der Waals surface area contributed by atoms with Crippen molar-refractivity contribution in [3.8, 4) is 0 Å². The first kappa shape index (κ1) is 20.7. The molecule has 0 fully saturated rings. The summed E-state index contributed by atoms with van der Waals surface area (Å²) in [5.74, 6) is -0.765. The lowest BCUT2D eigenvalue weighted by Crippen LogP contribution is -2.22. The Labute approximate surface area is 150 Å². The van der Waals surface area contributed by atoms with Crippen LogP contribution in [0, 0.1) is 6.92 Å². The van der Waals surface area contributed by atoms with Crippen LogP contribution in [0.3, 0.4) is 0 Å². The molecule has 1 aromatic carbocycles. The zero-order valence-corrected chi connectivity index (χ0v) is 14.2. The number of nitrogens with one attached hydrogen (secondary N) is 2. The van der Waals surface area contributed by atoms with E-state index in [-0.39, 0.29) is 23.7 Å². The smallest absolute Gasteiger partial charge is 0.394 e. The summed E-state index contributed by atoms with van der Waals surface area (Å²) in [4.78, 5) is 7.15. The molecule has 1 heterocycles. The quantitative estimate of drug-likeness (QED) is 0.658. The first-order chi connectivity index (χ1) is 12.4. The maximum atomic E-state index is 13.0. The molecule has 0 aliphatic heterocycles. The molecule has 0 spiro atoms. The lowest BCUT2D eigenvalue weighted by Gasteiger charge is -2.16. The number of benzene rings is 1. The maximum absolute atomic E-state index is 13.0. The van der Waals surface area contributed by atoms with Crippen LogP contribution in [-0.4, -0.2) is 27.7 Å². The molecule has 2 aromatic rings. The van der Waals surface area contributed by atoms with Crippen LogP contribution in [0.2, 0.25) is 0 Å². The molecule has 1 atom stereocenters. The molecular weight excluding hydrogens is 378 g/mol. The van der Waals surface area contributed by atoms with E-state index in [0.29, 0.717) is 6.07 Å². The number of anilines is 3. The van der Waals surface area contributed by atoms with Gasteiger partial charge in [0.05, 0.1) is 12.2 Å². The molecular formula is C16H16F6N4O. The van der Waals surface area contributed by atoms with Gasteiger partial charge in [-0.1, -0.05) is 6.07 Å². The molecule has 148 valence electrons. The molecule has 0 saturated carbocycles. The average molecular weight is 394 g/mol.